The molecule has 0 bridgehead atoms. The molecule has 1 aromatic heterocycles. The summed E-state index contributed by atoms with van der Waals surface area (Å²) < 4.78 is 11.3. The van der Waals surface area contributed by atoms with E-state index in [1.54, 1.807) is 24.3 Å². The number of aromatic nitrogens is 2. The van der Waals surface area contributed by atoms with Gasteiger partial charge in [0.05, 0.1) is 19.3 Å². The first-order valence-corrected chi connectivity index (χ1v) is 10.9. The summed E-state index contributed by atoms with van der Waals surface area (Å²) >= 11 is 0. The van der Waals surface area contributed by atoms with Gasteiger partial charge in [0.15, 0.2) is 12.3 Å². The molecule has 2 unspecified atom stereocenters. The largest absolute Gasteiger partial charge is 0.497 e. The average Bonchev–Trinajstić information content (AvgIpc) is 3.14. The number of nitrogens with zero attached hydrogens (tertiary/aromatic N) is 1. The number of benzene rings is 1. The molecule has 3 rings (SSSR count). The van der Waals surface area contributed by atoms with E-state index in [0.29, 0.717) is 11.3 Å². The lowest BCUT2D eigenvalue weighted by Crippen LogP contribution is -2.57. The Morgan fingerprint density at radius 2 is 1.81 bits per heavy atom. The highest BCUT2D eigenvalue weighted by molar-refractivity contribution is 5.87. The van der Waals surface area contributed by atoms with E-state index >= 15 is 0 Å². The van der Waals surface area contributed by atoms with Crippen LogP contribution in [-0.2, 0) is 14.3 Å². The topological polar surface area (TPSA) is 226 Å². The van der Waals surface area contributed by atoms with Crippen molar-refractivity contribution in [1.82, 2.24) is 14.9 Å². The van der Waals surface area contributed by atoms with Crippen molar-refractivity contribution >= 4 is 11.9 Å². The Kier molecular flexibility index (Phi) is 8.27. The second-order valence-corrected chi connectivity index (χ2v) is 8.42. The summed E-state index contributed by atoms with van der Waals surface area (Å²) in [6.07, 6.45) is -6.98. The monoisotopic (exact) mass is 508 g/mol. The van der Waals surface area contributed by atoms with E-state index in [4.69, 9.17) is 15.2 Å². The van der Waals surface area contributed by atoms with E-state index in [9.17, 15) is 39.6 Å². The number of rotatable bonds is 9. The molecule has 1 fully saturated rings. The zero-order valence-corrected chi connectivity index (χ0v) is 19.3. The Balaban J connectivity index is 1.75. The summed E-state index contributed by atoms with van der Waals surface area (Å²) in [6.45, 7) is 1.50. The fraction of sp³-hybridized carbons (Fsp3) is 0.455. The van der Waals surface area contributed by atoms with E-state index in [0.717, 1.165) is 16.8 Å². The highest BCUT2D eigenvalue weighted by Gasteiger charge is 2.50. The zero-order chi connectivity index (χ0) is 26.7. The molecule has 1 aliphatic rings. The molecule has 14 nitrogen and oxygen atoms in total. The Morgan fingerprint density at radius 1 is 1.17 bits per heavy atom. The number of methoxy groups -OCH3 is 1. The van der Waals surface area contributed by atoms with Gasteiger partial charge in [0.25, 0.3) is 5.56 Å². The lowest BCUT2D eigenvalue weighted by atomic mass is 9.90. The maximum Gasteiger partial charge on any atom is 0.330 e. The third-order valence-corrected chi connectivity index (χ3v) is 6.12. The van der Waals surface area contributed by atoms with Crippen LogP contribution in [0.2, 0.25) is 0 Å². The molecule has 2 heterocycles. The lowest BCUT2D eigenvalue weighted by Gasteiger charge is -2.28. The normalized spacial score (nSPS) is 24.9. The van der Waals surface area contributed by atoms with Crippen molar-refractivity contribution in [2.24, 2.45) is 11.7 Å². The summed E-state index contributed by atoms with van der Waals surface area (Å²) in [5, 5.41) is 43.3. The van der Waals surface area contributed by atoms with Crippen LogP contribution in [0.3, 0.4) is 0 Å². The summed E-state index contributed by atoms with van der Waals surface area (Å²) in [7, 11) is 1.48. The molecule has 0 radical (unpaired) electrons. The van der Waals surface area contributed by atoms with Crippen LogP contribution in [0.4, 0.5) is 0 Å². The smallest absolute Gasteiger partial charge is 0.330 e. The molecule has 1 aromatic carbocycles. The van der Waals surface area contributed by atoms with E-state index in [-0.39, 0.29) is 0 Å². The molecule has 0 aliphatic carbocycles. The number of H-pyrrole nitrogens is 1. The molecule has 1 amide bonds. The molecule has 14 heteroatoms. The Hall–Kier alpha value is -3.56. The first-order valence-electron chi connectivity index (χ1n) is 10.9. The van der Waals surface area contributed by atoms with Crippen LogP contribution >= 0.6 is 0 Å². The number of carboxylic acid groups (broad SMARTS) is 1. The van der Waals surface area contributed by atoms with Crippen molar-refractivity contribution < 1.29 is 39.5 Å². The van der Waals surface area contributed by atoms with E-state index in [1.807, 2.05) is 4.98 Å². The minimum atomic E-state index is -1.87. The highest BCUT2D eigenvalue weighted by Crippen LogP contribution is 2.31. The van der Waals surface area contributed by atoms with E-state index in [2.05, 4.69) is 5.32 Å². The number of carbonyl (C=O) groups excluding carboxylic acids is 1. The van der Waals surface area contributed by atoms with Crippen molar-refractivity contribution in [3.63, 3.8) is 0 Å². The van der Waals surface area contributed by atoms with Gasteiger partial charge in [-0.1, -0.05) is 19.1 Å². The molecule has 8 atom stereocenters. The molecule has 0 saturated carbocycles. The first kappa shape index (κ1) is 27.0. The minimum absolute atomic E-state index is 0.452. The molecule has 1 aliphatic heterocycles. The number of aliphatic hydroxyl groups is 3. The third kappa shape index (κ3) is 5.47. The van der Waals surface area contributed by atoms with Gasteiger partial charge in [-0.15, -0.1) is 0 Å². The molecule has 1 saturated heterocycles. The molecule has 2 aromatic rings. The molecular formula is C22H28N4O10. The molecular weight excluding hydrogens is 480 g/mol. The Bertz CT molecular complexity index is 1200. The van der Waals surface area contributed by atoms with Gasteiger partial charge in [0.1, 0.15) is 24.1 Å². The predicted octanol–water partition coefficient (Wildman–Crippen LogP) is -2.57. The maximum atomic E-state index is 12.8. The number of nitrogens with two attached hydrogens (primary N) is 1. The summed E-state index contributed by atoms with van der Waals surface area (Å²) in [5.41, 5.74) is 4.78. The number of ether oxygens (including phenoxy) is 2. The third-order valence-electron chi connectivity index (χ3n) is 6.12. The first-order chi connectivity index (χ1) is 17.0. The van der Waals surface area contributed by atoms with Crippen molar-refractivity contribution in [1.29, 1.82) is 0 Å². The minimum Gasteiger partial charge on any atom is -0.497 e. The van der Waals surface area contributed by atoms with Gasteiger partial charge in [-0.2, -0.15) is 0 Å². The zero-order valence-electron chi connectivity index (χ0n) is 19.3. The SMILES string of the molecule is COc1ccc([C@@H](O)[C@@H](C)[C@H](N)C(=O)N[C@H](C(=O)O)[C@H]2O[C@@H](n3ccc(=O)[nH]c3=O)C(O)C2O)cc1. The maximum absolute atomic E-state index is 12.8. The Labute approximate surface area is 203 Å². The van der Waals surface area contributed by atoms with Gasteiger partial charge in [-0.3, -0.25) is 19.1 Å². The predicted molar refractivity (Wildman–Crippen MR) is 122 cm³/mol. The molecule has 0 spiro atoms. The Morgan fingerprint density at radius 3 is 2.36 bits per heavy atom. The van der Waals surface area contributed by atoms with Crippen molar-refractivity contribution in [3.05, 3.63) is 62.9 Å². The van der Waals surface area contributed by atoms with Crippen LogP contribution < -0.4 is 27.0 Å². The van der Waals surface area contributed by atoms with Crippen LogP contribution in [0.15, 0.2) is 46.1 Å². The fourth-order valence-corrected chi connectivity index (χ4v) is 3.89. The number of carboxylic acids is 1. The van der Waals surface area contributed by atoms with E-state index < -0.39 is 71.8 Å². The fourth-order valence-electron chi connectivity index (χ4n) is 3.89. The number of carbonyl (C=O) groups is 2. The van der Waals surface area contributed by atoms with Gasteiger partial charge < -0.3 is 41.0 Å². The van der Waals surface area contributed by atoms with E-state index in [1.165, 1.54) is 14.0 Å². The molecule has 36 heavy (non-hydrogen) atoms. The summed E-state index contributed by atoms with van der Waals surface area (Å²) in [4.78, 5) is 50.0. The van der Waals surface area contributed by atoms with Crippen molar-refractivity contribution in [2.45, 2.75) is 49.7 Å². The lowest BCUT2D eigenvalue weighted by molar-refractivity contribution is -0.149. The van der Waals surface area contributed by atoms with Crippen LogP contribution in [0.25, 0.3) is 0 Å². The average molecular weight is 508 g/mol. The van der Waals surface area contributed by atoms with Gasteiger partial charge in [0, 0.05) is 18.2 Å². The highest BCUT2D eigenvalue weighted by atomic mass is 16.6. The van der Waals surface area contributed by atoms with Crippen LogP contribution in [0.5, 0.6) is 5.75 Å². The number of aliphatic hydroxyl groups excluding tert-OH is 3. The number of nitrogens with one attached hydrogen (secondary N) is 2. The summed E-state index contributed by atoms with van der Waals surface area (Å²) in [5.74, 6) is -2.87. The quantitative estimate of drug-likeness (QED) is 0.186. The summed E-state index contributed by atoms with van der Waals surface area (Å²) in [6, 6.07) is 4.15. The van der Waals surface area contributed by atoms with Gasteiger partial charge in [0.2, 0.25) is 5.91 Å². The molecule has 196 valence electrons. The van der Waals surface area contributed by atoms with Gasteiger partial charge in [-0.05, 0) is 17.7 Å². The number of amides is 1. The number of hydrogen-bond donors (Lipinski definition) is 7. The van der Waals surface area contributed by atoms with Gasteiger partial charge >= 0.3 is 11.7 Å². The van der Waals surface area contributed by atoms with Crippen molar-refractivity contribution in [3.8, 4) is 5.75 Å². The number of hydrogen-bond acceptors (Lipinski definition) is 10. The second-order valence-electron chi connectivity index (χ2n) is 8.42. The van der Waals surface area contributed by atoms with Crippen molar-refractivity contribution in [2.75, 3.05) is 7.11 Å². The van der Waals surface area contributed by atoms with Crippen LogP contribution in [0, 0.1) is 5.92 Å². The van der Waals surface area contributed by atoms with Gasteiger partial charge in [-0.25, -0.2) is 9.59 Å². The van der Waals surface area contributed by atoms with Crippen LogP contribution in [0.1, 0.15) is 24.8 Å². The second kappa shape index (κ2) is 11.0. The van der Waals surface area contributed by atoms with Crippen LogP contribution in [-0.4, -0.2) is 79.4 Å². The molecule has 8 N–H and O–H groups in total. The standard InChI is InChI=1S/C22H28N4O10/c1-9(15(28)10-3-5-11(35-2)6-4-10)13(23)19(31)25-14(21(32)33)18-16(29)17(30)20(36-18)26-8-7-12(27)24-22(26)34/h3-9,13-18,20,28-30H,23H2,1-2H3,(H,25,31)(H,32,33)(H,24,27,34)/t9-,13-,14-,15-,16?,17?,18+,20+/m0/s1. The number of aromatic amines is 1. The number of aliphatic carboxylic acids is 1.